The molecule has 2 fully saturated rings. The van der Waals surface area contributed by atoms with Gasteiger partial charge in [-0.25, -0.2) is 4.79 Å². The molecule has 4 amide bonds. The molecule has 0 aromatic rings. The van der Waals surface area contributed by atoms with Crippen LogP contribution in [0.3, 0.4) is 0 Å². The molecule has 2 rings (SSSR count). The van der Waals surface area contributed by atoms with Crippen LogP contribution in [0.4, 0.5) is 4.79 Å². The third-order valence-corrected chi connectivity index (χ3v) is 4.63. The van der Waals surface area contributed by atoms with Gasteiger partial charge in [0.1, 0.15) is 12.1 Å². The lowest BCUT2D eigenvalue weighted by atomic mass is 9.64. The van der Waals surface area contributed by atoms with Crippen molar-refractivity contribution in [3.8, 4) is 0 Å². The number of hydrogen-bond acceptors (Lipinski definition) is 3. The van der Waals surface area contributed by atoms with Gasteiger partial charge in [0.25, 0.3) is 5.91 Å². The minimum Gasteiger partial charge on any atom is -0.354 e. The molecule has 1 aliphatic heterocycles. The summed E-state index contributed by atoms with van der Waals surface area (Å²) in [6, 6.07) is -0.445. The third kappa shape index (κ3) is 3.85. The van der Waals surface area contributed by atoms with Crippen LogP contribution < -0.4 is 10.6 Å². The fourth-order valence-electron chi connectivity index (χ4n) is 4.17. The number of hydrogen-bond donors (Lipinski definition) is 2. The highest BCUT2D eigenvalue weighted by Crippen LogP contribution is 2.46. The SMILES string of the molecule is CC(C)CNC(=O)CN1C(=O)N[C@]2(C[C@@H](C)CC(C)(C)C2)C1=O. The number of rotatable bonds is 4. The highest BCUT2D eigenvalue weighted by atomic mass is 16.2. The van der Waals surface area contributed by atoms with Crippen molar-refractivity contribution in [2.75, 3.05) is 13.1 Å². The summed E-state index contributed by atoms with van der Waals surface area (Å²) in [5.74, 6) is 0.148. The monoisotopic (exact) mass is 323 g/mol. The van der Waals surface area contributed by atoms with Gasteiger partial charge in [-0.1, -0.05) is 34.6 Å². The Morgan fingerprint density at radius 3 is 2.57 bits per heavy atom. The average Bonchev–Trinajstić information content (AvgIpc) is 2.58. The molecule has 23 heavy (non-hydrogen) atoms. The summed E-state index contributed by atoms with van der Waals surface area (Å²) in [5.41, 5.74) is -0.840. The lowest BCUT2D eigenvalue weighted by molar-refractivity contribution is -0.137. The average molecular weight is 323 g/mol. The van der Waals surface area contributed by atoms with E-state index in [4.69, 9.17) is 0 Å². The highest BCUT2D eigenvalue weighted by molar-refractivity contribution is 6.09. The first-order valence-corrected chi connectivity index (χ1v) is 8.45. The zero-order chi connectivity index (χ0) is 17.4. The Morgan fingerprint density at radius 2 is 2.00 bits per heavy atom. The number of nitrogens with one attached hydrogen (secondary N) is 2. The molecule has 130 valence electrons. The Kier molecular flexibility index (Phi) is 4.74. The lowest BCUT2D eigenvalue weighted by Gasteiger charge is -2.43. The van der Waals surface area contributed by atoms with Crippen molar-refractivity contribution >= 4 is 17.8 Å². The van der Waals surface area contributed by atoms with Gasteiger partial charge in [-0.15, -0.1) is 0 Å². The van der Waals surface area contributed by atoms with Gasteiger partial charge in [-0.05, 0) is 36.5 Å². The van der Waals surface area contributed by atoms with Crippen molar-refractivity contribution in [1.29, 1.82) is 0 Å². The minimum atomic E-state index is -0.837. The first kappa shape index (κ1) is 17.8. The second kappa shape index (κ2) is 6.13. The summed E-state index contributed by atoms with van der Waals surface area (Å²) in [4.78, 5) is 38.2. The quantitative estimate of drug-likeness (QED) is 0.776. The molecule has 1 spiro atoms. The Bertz CT molecular complexity index is 515. The van der Waals surface area contributed by atoms with Crippen LogP contribution in [0.15, 0.2) is 0 Å². The van der Waals surface area contributed by atoms with Crippen LogP contribution in [0.2, 0.25) is 0 Å². The zero-order valence-corrected chi connectivity index (χ0v) is 14.9. The van der Waals surface area contributed by atoms with E-state index in [1.807, 2.05) is 13.8 Å². The van der Waals surface area contributed by atoms with E-state index in [1.165, 1.54) is 0 Å². The fourth-order valence-corrected chi connectivity index (χ4v) is 4.17. The van der Waals surface area contributed by atoms with E-state index in [0.717, 1.165) is 11.3 Å². The van der Waals surface area contributed by atoms with Crippen LogP contribution in [0.1, 0.15) is 53.9 Å². The molecule has 0 aromatic carbocycles. The molecule has 2 atom stereocenters. The van der Waals surface area contributed by atoms with E-state index in [1.54, 1.807) is 0 Å². The van der Waals surface area contributed by atoms with Gasteiger partial charge >= 0.3 is 6.03 Å². The van der Waals surface area contributed by atoms with Crippen molar-refractivity contribution in [3.63, 3.8) is 0 Å². The third-order valence-electron chi connectivity index (χ3n) is 4.63. The molecule has 0 unspecified atom stereocenters. The number of urea groups is 1. The topological polar surface area (TPSA) is 78.5 Å². The number of nitrogens with zero attached hydrogens (tertiary/aromatic N) is 1. The molecule has 6 nitrogen and oxygen atoms in total. The zero-order valence-electron chi connectivity index (χ0n) is 14.9. The van der Waals surface area contributed by atoms with E-state index < -0.39 is 11.6 Å². The number of amides is 4. The van der Waals surface area contributed by atoms with E-state index in [-0.39, 0.29) is 23.8 Å². The Labute approximate surface area is 138 Å². The second-order valence-corrected chi connectivity index (χ2v) is 8.46. The second-order valence-electron chi connectivity index (χ2n) is 8.46. The molecule has 2 N–H and O–H groups in total. The maximum atomic E-state index is 12.9. The summed E-state index contributed by atoms with van der Waals surface area (Å²) in [6.07, 6.45) is 2.30. The van der Waals surface area contributed by atoms with Gasteiger partial charge in [0.2, 0.25) is 5.91 Å². The predicted octanol–water partition coefficient (Wildman–Crippen LogP) is 1.90. The molecule has 2 aliphatic rings. The van der Waals surface area contributed by atoms with Crippen molar-refractivity contribution in [2.45, 2.75) is 59.4 Å². The van der Waals surface area contributed by atoms with Crippen LogP contribution in [-0.2, 0) is 9.59 Å². The Hall–Kier alpha value is -1.59. The summed E-state index contributed by atoms with van der Waals surface area (Å²) < 4.78 is 0. The molecule has 1 saturated carbocycles. The molecule has 0 radical (unpaired) electrons. The highest BCUT2D eigenvalue weighted by Gasteiger charge is 2.56. The molecule has 0 bridgehead atoms. The van der Waals surface area contributed by atoms with Crippen molar-refractivity contribution in [3.05, 3.63) is 0 Å². The molecular weight excluding hydrogens is 294 g/mol. The lowest BCUT2D eigenvalue weighted by Crippen LogP contribution is -2.54. The van der Waals surface area contributed by atoms with E-state index >= 15 is 0 Å². The Balaban J connectivity index is 2.09. The van der Waals surface area contributed by atoms with Crippen molar-refractivity contribution in [2.24, 2.45) is 17.3 Å². The number of carbonyl (C=O) groups excluding carboxylic acids is 3. The van der Waals surface area contributed by atoms with Gasteiger partial charge in [-0.2, -0.15) is 0 Å². The van der Waals surface area contributed by atoms with Crippen LogP contribution in [0, 0.1) is 17.3 Å². The molecule has 6 heteroatoms. The van der Waals surface area contributed by atoms with Crippen molar-refractivity contribution < 1.29 is 14.4 Å². The van der Waals surface area contributed by atoms with Crippen molar-refractivity contribution in [1.82, 2.24) is 15.5 Å². The normalized spacial score (nSPS) is 30.0. The van der Waals surface area contributed by atoms with Gasteiger partial charge < -0.3 is 10.6 Å². The minimum absolute atomic E-state index is 0.00345. The summed E-state index contributed by atoms with van der Waals surface area (Å²) in [6.45, 7) is 10.7. The number of carbonyl (C=O) groups is 3. The number of imide groups is 1. The predicted molar refractivity (Wildman–Crippen MR) is 87.6 cm³/mol. The van der Waals surface area contributed by atoms with Gasteiger partial charge in [0.05, 0.1) is 0 Å². The molecule has 1 saturated heterocycles. The van der Waals surface area contributed by atoms with Gasteiger partial charge in [0.15, 0.2) is 0 Å². The first-order valence-electron chi connectivity index (χ1n) is 8.45. The molecule has 1 aliphatic carbocycles. The standard InChI is InChI=1S/C17H29N3O3/c1-11(2)8-18-13(21)9-20-14(22)17(19-15(20)23)7-12(3)6-16(4,5)10-17/h11-12H,6-10H2,1-5H3,(H,18,21)(H,19,23)/t12-,17-/m0/s1. The van der Waals surface area contributed by atoms with E-state index in [9.17, 15) is 14.4 Å². The molecule has 1 heterocycles. The molecular formula is C17H29N3O3. The van der Waals surface area contributed by atoms with Gasteiger partial charge in [-0.3, -0.25) is 14.5 Å². The summed E-state index contributed by atoms with van der Waals surface area (Å²) in [7, 11) is 0. The fraction of sp³-hybridized carbons (Fsp3) is 0.824. The molecule has 0 aromatic heterocycles. The maximum Gasteiger partial charge on any atom is 0.325 e. The first-order chi connectivity index (χ1) is 10.5. The van der Waals surface area contributed by atoms with E-state index in [2.05, 4.69) is 31.4 Å². The van der Waals surface area contributed by atoms with Crippen LogP contribution >= 0.6 is 0 Å². The van der Waals surface area contributed by atoms with Crippen LogP contribution in [-0.4, -0.2) is 41.4 Å². The van der Waals surface area contributed by atoms with Crippen LogP contribution in [0.25, 0.3) is 0 Å². The summed E-state index contributed by atoms with van der Waals surface area (Å²) in [5, 5.41) is 5.64. The van der Waals surface area contributed by atoms with E-state index in [0.29, 0.717) is 31.2 Å². The largest absolute Gasteiger partial charge is 0.354 e. The smallest absolute Gasteiger partial charge is 0.325 e. The van der Waals surface area contributed by atoms with Gasteiger partial charge in [0, 0.05) is 6.54 Å². The Morgan fingerprint density at radius 1 is 1.35 bits per heavy atom. The summed E-state index contributed by atoms with van der Waals surface area (Å²) >= 11 is 0. The van der Waals surface area contributed by atoms with Crippen LogP contribution in [0.5, 0.6) is 0 Å². The maximum absolute atomic E-state index is 12.9.